The van der Waals surface area contributed by atoms with E-state index in [1.54, 1.807) is 27.7 Å². The van der Waals surface area contributed by atoms with Crippen LogP contribution in [0.1, 0.15) is 118 Å². The fourth-order valence-electron chi connectivity index (χ4n) is 6.04. The topological polar surface area (TPSA) is 109 Å². The van der Waals surface area contributed by atoms with Crippen LogP contribution in [-0.4, -0.2) is 33.7 Å². The first kappa shape index (κ1) is 34.9. The predicted molar refractivity (Wildman–Crippen MR) is 176 cm³/mol. The summed E-state index contributed by atoms with van der Waals surface area (Å²) in [5, 5.41) is 18.9. The van der Waals surface area contributed by atoms with Gasteiger partial charge in [-0.1, -0.05) is 89.1 Å². The fourth-order valence-corrected chi connectivity index (χ4v) is 6.04. The molecule has 3 rings (SSSR count). The Balaban J connectivity index is 1.84. The molecule has 238 valence electrons. The van der Waals surface area contributed by atoms with Crippen LogP contribution in [-0.2, 0) is 19.2 Å². The lowest BCUT2D eigenvalue weighted by atomic mass is 9.73. The van der Waals surface area contributed by atoms with E-state index in [4.69, 9.17) is 0 Å². The zero-order valence-corrected chi connectivity index (χ0v) is 27.8. The largest absolute Gasteiger partial charge is 0.481 e. The quantitative estimate of drug-likeness (QED) is 0.206. The average Bonchev–Trinajstić information content (AvgIpc) is 2.92. The van der Waals surface area contributed by atoms with Gasteiger partial charge in [0.25, 0.3) is 0 Å². The van der Waals surface area contributed by atoms with Gasteiger partial charge in [-0.25, -0.2) is 0 Å². The lowest BCUT2D eigenvalue weighted by Crippen LogP contribution is -2.24. The van der Waals surface area contributed by atoms with Crippen molar-refractivity contribution in [2.45, 2.75) is 107 Å². The summed E-state index contributed by atoms with van der Waals surface area (Å²) in [4.78, 5) is 50.9. The van der Waals surface area contributed by atoms with Gasteiger partial charge in [0.15, 0.2) is 11.6 Å². The number of carbonyl (C=O) groups is 4. The van der Waals surface area contributed by atoms with Crippen LogP contribution in [0.3, 0.4) is 0 Å². The smallest absolute Gasteiger partial charge is 0.309 e. The molecule has 0 radical (unpaired) electrons. The van der Waals surface area contributed by atoms with Crippen LogP contribution >= 0.6 is 0 Å². The number of benzene rings is 1. The normalized spacial score (nSPS) is 18.3. The summed E-state index contributed by atoms with van der Waals surface area (Å²) >= 11 is 0. The van der Waals surface area contributed by atoms with E-state index in [0.29, 0.717) is 49.7 Å². The van der Waals surface area contributed by atoms with Crippen molar-refractivity contribution in [3.8, 4) is 0 Å². The first-order valence-electron chi connectivity index (χ1n) is 15.8. The molecule has 2 aliphatic carbocycles. The molecule has 2 N–H and O–H groups in total. The molecule has 1 aromatic carbocycles. The summed E-state index contributed by atoms with van der Waals surface area (Å²) < 4.78 is 0. The number of aliphatic carboxylic acids is 2. The Morgan fingerprint density at radius 2 is 0.955 bits per heavy atom. The number of hydrogen-bond donors (Lipinski definition) is 2. The number of rotatable bonds is 14. The minimum Gasteiger partial charge on any atom is -0.481 e. The number of carboxylic acid groups (broad SMARTS) is 2. The number of carbonyl (C=O) groups excluding carboxylic acids is 2. The van der Waals surface area contributed by atoms with Crippen molar-refractivity contribution >= 4 is 34.7 Å². The van der Waals surface area contributed by atoms with Gasteiger partial charge in [-0.2, -0.15) is 0 Å². The van der Waals surface area contributed by atoms with Crippen LogP contribution in [0.15, 0.2) is 59.7 Å². The summed E-state index contributed by atoms with van der Waals surface area (Å²) in [5.74, 6) is -1.73. The second-order valence-corrected chi connectivity index (χ2v) is 15.1. The molecular weight excluding hydrogens is 552 g/mol. The van der Waals surface area contributed by atoms with E-state index in [1.807, 2.05) is 48.6 Å². The molecule has 0 saturated carbocycles. The molecule has 0 heterocycles. The van der Waals surface area contributed by atoms with Crippen molar-refractivity contribution in [2.75, 3.05) is 0 Å². The van der Waals surface area contributed by atoms with Gasteiger partial charge in [-0.15, -0.1) is 0 Å². The molecule has 0 fully saturated rings. The maximum atomic E-state index is 13.9. The molecule has 6 heteroatoms. The zero-order valence-electron chi connectivity index (χ0n) is 27.8. The maximum Gasteiger partial charge on any atom is 0.309 e. The molecule has 1 aromatic rings. The number of allylic oxidation sites excluding steroid dienone is 8. The van der Waals surface area contributed by atoms with Crippen LogP contribution in [0, 0.1) is 21.7 Å². The summed E-state index contributed by atoms with van der Waals surface area (Å²) in [6.07, 6.45) is 13.1. The monoisotopic (exact) mass is 602 g/mol. The summed E-state index contributed by atoms with van der Waals surface area (Å²) in [6, 6.07) is 7.62. The number of Topliss-reactive ketones (excluding diaryl/α,β-unsaturated/α-hetero) is 2. The van der Waals surface area contributed by atoms with Gasteiger partial charge in [0.1, 0.15) is 0 Å². The molecule has 0 spiro atoms. The van der Waals surface area contributed by atoms with Crippen LogP contribution in [0.5, 0.6) is 0 Å². The Kier molecular flexibility index (Phi) is 10.5. The third-order valence-corrected chi connectivity index (χ3v) is 8.86. The van der Waals surface area contributed by atoms with Gasteiger partial charge in [0, 0.05) is 22.0 Å². The fraction of sp³-hybridized carbons (Fsp3) is 0.526. The minimum atomic E-state index is -0.816. The average molecular weight is 603 g/mol. The summed E-state index contributed by atoms with van der Waals surface area (Å²) in [5.41, 5.74) is 1.77. The molecule has 0 aliphatic heterocycles. The van der Waals surface area contributed by atoms with Gasteiger partial charge in [0.05, 0.1) is 10.8 Å². The molecule has 0 amide bonds. The Morgan fingerprint density at radius 1 is 0.614 bits per heavy atom. The van der Waals surface area contributed by atoms with E-state index in [2.05, 4.69) is 27.7 Å². The van der Waals surface area contributed by atoms with Crippen LogP contribution in [0.25, 0.3) is 11.1 Å². The highest BCUT2D eigenvalue weighted by molar-refractivity contribution is 6.34. The van der Waals surface area contributed by atoms with Crippen molar-refractivity contribution in [3.63, 3.8) is 0 Å². The Morgan fingerprint density at radius 3 is 1.27 bits per heavy atom. The Hall–Kier alpha value is -3.54. The van der Waals surface area contributed by atoms with Gasteiger partial charge >= 0.3 is 11.9 Å². The second kappa shape index (κ2) is 13.2. The van der Waals surface area contributed by atoms with E-state index in [1.165, 1.54) is 0 Å². The molecule has 44 heavy (non-hydrogen) atoms. The highest BCUT2D eigenvalue weighted by Gasteiger charge is 2.33. The molecule has 0 bridgehead atoms. The van der Waals surface area contributed by atoms with Crippen LogP contribution in [0.2, 0.25) is 0 Å². The van der Waals surface area contributed by atoms with Crippen LogP contribution in [0.4, 0.5) is 0 Å². The van der Waals surface area contributed by atoms with Crippen molar-refractivity contribution in [2.24, 2.45) is 21.7 Å². The SMILES string of the molecule is CC1(C)C=C(CCCCC(C)(C)C(=O)O)C(=O)C(c2ccccc2C2=CC(C)(C)C=C(CCCCC(C)(C)C(=O)O)C2=O)=C1. The first-order valence-corrected chi connectivity index (χ1v) is 15.8. The molecular formula is C38H50O6. The Bertz CT molecular complexity index is 1330. The number of ketones is 2. The Labute approximate surface area is 263 Å². The molecule has 0 saturated heterocycles. The van der Waals surface area contributed by atoms with E-state index in [-0.39, 0.29) is 22.4 Å². The van der Waals surface area contributed by atoms with Crippen molar-refractivity contribution in [3.05, 3.63) is 70.8 Å². The number of hydrogen-bond acceptors (Lipinski definition) is 4. The molecule has 0 atom stereocenters. The molecule has 0 unspecified atom stereocenters. The molecule has 0 aromatic heterocycles. The lowest BCUT2D eigenvalue weighted by Gasteiger charge is -2.29. The number of carboxylic acids is 2. The summed E-state index contributed by atoms with van der Waals surface area (Å²) in [7, 11) is 0. The van der Waals surface area contributed by atoms with Gasteiger partial charge in [-0.3, -0.25) is 19.2 Å². The van der Waals surface area contributed by atoms with E-state index in [0.717, 1.165) is 35.1 Å². The van der Waals surface area contributed by atoms with E-state index < -0.39 is 22.8 Å². The van der Waals surface area contributed by atoms with Gasteiger partial charge in [0.2, 0.25) is 0 Å². The third-order valence-electron chi connectivity index (χ3n) is 8.86. The standard InChI is InChI=1S/C38H50O6/c1-35(2)21-25(15-11-13-19-37(5,6)33(41)42)31(39)29(23-35)27-17-9-10-18-28(27)30-24-36(3,4)22-26(32(30)40)16-12-14-20-38(7,8)34(43)44/h9-10,17-18,21-24H,11-16,19-20H2,1-8H3,(H,41,42)(H,43,44). The minimum absolute atomic E-state index is 0.0470. The zero-order chi connectivity index (χ0) is 33.1. The highest BCUT2D eigenvalue weighted by atomic mass is 16.4. The molecule has 2 aliphatic rings. The van der Waals surface area contributed by atoms with Crippen molar-refractivity contribution in [1.82, 2.24) is 0 Å². The third kappa shape index (κ3) is 8.55. The van der Waals surface area contributed by atoms with Crippen molar-refractivity contribution in [1.29, 1.82) is 0 Å². The lowest BCUT2D eigenvalue weighted by molar-refractivity contribution is -0.148. The second-order valence-electron chi connectivity index (χ2n) is 15.1. The van der Waals surface area contributed by atoms with E-state index >= 15 is 0 Å². The van der Waals surface area contributed by atoms with E-state index in [9.17, 15) is 29.4 Å². The van der Waals surface area contributed by atoms with Gasteiger partial charge < -0.3 is 10.2 Å². The molecule has 6 nitrogen and oxygen atoms in total. The summed E-state index contributed by atoms with van der Waals surface area (Å²) in [6.45, 7) is 15.2. The van der Waals surface area contributed by atoms with Crippen molar-refractivity contribution < 1.29 is 29.4 Å². The van der Waals surface area contributed by atoms with Gasteiger partial charge in [-0.05, 0) is 88.5 Å². The maximum absolute atomic E-state index is 13.9. The van der Waals surface area contributed by atoms with Crippen LogP contribution < -0.4 is 0 Å². The predicted octanol–water partition coefficient (Wildman–Crippen LogP) is 8.87. The first-order chi connectivity index (χ1) is 20.3. The highest BCUT2D eigenvalue weighted by Crippen LogP contribution is 2.42. The number of unbranched alkanes of at least 4 members (excludes halogenated alkanes) is 2.